The number of aromatic nitrogens is 2. The summed E-state index contributed by atoms with van der Waals surface area (Å²) in [6, 6.07) is 3.47. The SMILES string of the molecule is C=CCn1cnc(=O)c2cc3c(cc21)OCO3. The first-order valence-electron chi connectivity index (χ1n) is 5.19. The lowest BCUT2D eigenvalue weighted by Gasteiger charge is -2.07. The van der Waals surface area contributed by atoms with Crippen LogP contribution in [0.1, 0.15) is 0 Å². The van der Waals surface area contributed by atoms with Crippen LogP contribution in [0.3, 0.4) is 0 Å². The van der Waals surface area contributed by atoms with E-state index in [0.717, 1.165) is 5.52 Å². The highest BCUT2D eigenvalue weighted by Crippen LogP contribution is 2.34. The zero-order valence-corrected chi connectivity index (χ0v) is 9.05. The van der Waals surface area contributed by atoms with Crippen LogP contribution in [0.2, 0.25) is 0 Å². The highest BCUT2D eigenvalue weighted by atomic mass is 16.7. The van der Waals surface area contributed by atoms with E-state index in [2.05, 4.69) is 11.6 Å². The third-order valence-corrected chi connectivity index (χ3v) is 2.67. The number of benzene rings is 1. The molecule has 17 heavy (non-hydrogen) atoms. The van der Waals surface area contributed by atoms with Gasteiger partial charge in [0, 0.05) is 12.6 Å². The summed E-state index contributed by atoms with van der Waals surface area (Å²) in [7, 11) is 0. The van der Waals surface area contributed by atoms with Gasteiger partial charge in [-0.05, 0) is 6.07 Å². The molecule has 5 heteroatoms. The summed E-state index contributed by atoms with van der Waals surface area (Å²) in [5.41, 5.74) is 0.507. The van der Waals surface area contributed by atoms with Crippen LogP contribution in [0.25, 0.3) is 10.9 Å². The van der Waals surface area contributed by atoms with Crippen LogP contribution in [0.5, 0.6) is 11.5 Å². The molecule has 3 rings (SSSR count). The Morgan fingerprint density at radius 2 is 2.18 bits per heavy atom. The van der Waals surface area contributed by atoms with Gasteiger partial charge in [0.25, 0.3) is 5.56 Å². The van der Waals surface area contributed by atoms with Crippen LogP contribution in [-0.4, -0.2) is 16.3 Å². The van der Waals surface area contributed by atoms with E-state index < -0.39 is 0 Å². The molecule has 0 atom stereocenters. The first kappa shape index (κ1) is 9.89. The van der Waals surface area contributed by atoms with Crippen molar-refractivity contribution >= 4 is 10.9 Å². The molecule has 0 aliphatic carbocycles. The van der Waals surface area contributed by atoms with Crippen LogP contribution >= 0.6 is 0 Å². The molecule has 0 N–H and O–H groups in total. The van der Waals surface area contributed by atoms with Gasteiger partial charge in [0.15, 0.2) is 11.5 Å². The van der Waals surface area contributed by atoms with Crippen molar-refractivity contribution in [1.29, 1.82) is 0 Å². The Bertz CT molecular complexity index is 661. The quantitative estimate of drug-likeness (QED) is 0.730. The van der Waals surface area contributed by atoms with Crippen LogP contribution in [0, 0.1) is 0 Å². The molecule has 2 heterocycles. The molecule has 1 aromatic carbocycles. The number of nitrogens with zero attached hydrogens (tertiary/aromatic N) is 2. The molecule has 0 amide bonds. The molecule has 0 radical (unpaired) electrons. The van der Waals surface area contributed by atoms with Crippen molar-refractivity contribution in [3.05, 3.63) is 41.5 Å². The molecule has 86 valence electrons. The molecule has 0 bridgehead atoms. The largest absolute Gasteiger partial charge is 0.454 e. The summed E-state index contributed by atoms with van der Waals surface area (Å²) in [6.07, 6.45) is 3.25. The number of allylic oxidation sites excluding steroid dienone is 1. The maximum Gasteiger partial charge on any atom is 0.280 e. The molecule has 5 nitrogen and oxygen atoms in total. The van der Waals surface area contributed by atoms with Crippen molar-refractivity contribution in [2.75, 3.05) is 6.79 Å². The molecule has 0 spiro atoms. The Morgan fingerprint density at radius 3 is 2.94 bits per heavy atom. The van der Waals surface area contributed by atoms with E-state index in [9.17, 15) is 4.79 Å². The third-order valence-electron chi connectivity index (χ3n) is 2.67. The number of hydrogen-bond donors (Lipinski definition) is 0. The minimum atomic E-state index is -0.265. The Morgan fingerprint density at radius 1 is 1.41 bits per heavy atom. The maximum absolute atomic E-state index is 11.7. The number of rotatable bonds is 2. The zero-order valence-electron chi connectivity index (χ0n) is 9.05. The molecule has 1 aromatic heterocycles. The fourth-order valence-electron chi connectivity index (χ4n) is 1.88. The number of hydrogen-bond acceptors (Lipinski definition) is 4. The maximum atomic E-state index is 11.7. The van der Waals surface area contributed by atoms with E-state index >= 15 is 0 Å². The molecule has 2 aromatic rings. The van der Waals surface area contributed by atoms with Crippen molar-refractivity contribution in [3.8, 4) is 11.5 Å². The van der Waals surface area contributed by atoms with Crippen LogP contribution < -0.4 is 15.0 Å². The lowest BCUT2D eigenvalue weighted by atomic mass is 10.2. The Kier molecular flexibility index (Phi) is 2.11. The Labute approximate surface area is 96.9 Å². The predicted molar refractivity (Wildman–Crippen MR) is 62.3 cm³/mol. The molecule has 0 saturated heterocycles. The van der Waals surface area contributed by atoms with Crippen molar-refractivity contribution in [2.24, 2.45) is 0 Å². The fourth-order valence-corrected chi connectivity index (χ4v) is 1.88. The zero-order chi connectivity index (χ0) is 11.8. The Hall–Kier alpha value is -2.30. The smallest absolute Gasteiger partial charge is 0.280 e. The van der Waals surface area contributed by atoms with Crippen molar-refractivity contribution in [2.45, 2.75) is 6.54 Å². The van der Waals surface area contributed by atoms with Gasteiger partial charge in [-0.2, -0.15) is 4.98 Å². The van der Waals surface area contributed by atoms with Gasteiger partial charge in [0.05, 0.1) is 17.2 Å². The lowest BCUT2D eigenvalue weighted by Crippen LogP contribution is -2.11. The van der Waals surface area contributed by atoms with E-state index in [0.29, 0.717) is 23.4 Å². The van der Waals surface area contributed by atoms with Crippen molar-refractivity contribution in [3.63, 3.8) is 0 Å². The summed E-state index contributed by atoms with van der Waals surface area (Å²) >= 11 is 0. The van der Waals surface area contributed by atoms with Gasteiger partial charge in [-0.3, -0.25) is 4.79 Å². The molecule has 1 aliphatic heterocycles. The van der Waals surface area contributed by atoms with Gasteiger partial charge in [0.2, 0.25) is 6.79 Å². The van der Waals surface area contributed by atoms with Crippen molar-refractivity contribution in [1.82, 2.24) is 9.55 Å². The minimum Gasteiger partial charge on any atom is -0.454 e. The van der Waals surface area contributed by atoms with Gasteiger partial charge in [0.1, 0.15) is 0 Å². The second-order valence-corrected chi connectivity index (χ2v) is 3.71. The average molecular weight is 230 g/mol. The standard InChI is InChI=1S/C12H10N2O3/c1-2-3-14-6-13-12(15)8-4-10-11(5-9(8)14)17-7-16-10/h2,4-6H,1,3,7H2. The molecule has 0 fully saturated rings. The van der Waals surface area contributed by atoms with E-state index in [1.807, 2.05) is 4.57 Å². The summed E-state index contributed by atoms with van der Waals surface area (Å²) in [6.45, 7) is 4.45. The summed E-state index contributed by atoms with van der Waals surface area (Å²) in [5.74, 6) is 1.24. The van der Waals surface area contributed by atoms with Gasteiger partial charge in [-0.15, -0.1) is 6.58 Å². The van der Waals surface area contributed by atoms with Crippen LogP contribution in [0.15, 0.2) is 35.9 Å². The molecule has 0 unspecified atom stereocenters. The number of fused-ring (bicyclic) bond motifs is 2. The van der Waals surface area contributed by atoms with Gasteiger partial charge in [-0.25, -0.2) is 0 Å². The van der Waals surface area contributed by atoms with E-state index in [4.69, 9.17) is 9.47 Å². The first-order valence-corrected chi connectivity index (χ1v) is 5.19. The normalized spacial score (nSPS) is 12.9. The molecule has 1 aliphatic rings. The van der Waals surface area contributed by atoms with Crippen LogP contribution in [0.4, 0.5) is 0 Å². The topological polar surface area (TPSA) is 53.4 Å². The second-order valence-electron chi connectivity index (χ2n) is 3.71. The monoisotopic (exact) mass is 230 g/mol. The lowest BCUT2D eigenvalue weighted by molar-refractivity contribution is 0.174. The third kappa shape index (κ3) is 1.47. The van der Waals surface area contributed by atoms with Gasteiger partial charge < -0.3 is 14.0 Å². The molecular weight excluding hydrogens is 220 g/mol. The average Bonchev–Trinajstić information content (AvgIpc) is 2.78. The highest BCUT2D eigenvalue weighted by molar-refractivity contribution is 5.82. The van der Waals surface area contributed by atoms with E-state index in [1.54, 1.807) is 18.2 Å². The highest BCUT2D eigenvalue weighted by Gasteiger charge is 2.16. The van der Waals surface area contributed by atoms with E-state index in [-0.39, 0.29) is 12.4 Å². The summed E-state index contributed by atoms with van der Waals surface area (Å²) in [5, 5.41) is 0.526. The van der Waals surface area contributed by atoms with E-state index in [1.165, 1.54) is 6.33 Å². The number of ether oxygens (including phenoxy) is 2. The molecule has 0 saturated carbocycles. The summed E-state index contributed by atoms with van der Waals surface area (Å²) in [4.78, 5) is 15.5. The van der Waals surface area contributed by atoms with Crippen molar-refractivity contribution < 1.29 is 9.47 Å². The fraction of sp³-hybridized carbons (Fsp3) is 0.167. The predicted octanol–water partition coefficient (Wildman–Crippen LogP) is 1.31. The Balaban J connectivity index is 2.36. The minimum absolute atomic E-state index is 0.189. The summed E-state index contributed by atoms with van der Waals surface area (Å²) < 4.78 is 12.4. The molecular formula is C12H10N2O3. The van der Waals surface area contributed by atoms with Gasteiger partial charge in [-0.1, -0.05) is 6.08 Å². The first-order chi connectivity index (χ1) is 8.29. The second kappa shape index (κ2) is 3.62. The van der Waals surface area contributed by atoms with Gasteiger partial charge >= 0.3 is 0 Å². The van der Waals surface area contributed by atoms with Crippen LogP contribution in [-0.2, 0) is 6.54 Å².